The van der Waals surface area contributed by atoms with Crippen LogP contribution >= 0.6 is 0 Å². The molecule has 0 spiro atoms. The lowest BCUT2D eigenvalue weighted by Gasteiger charge is -2.28. The third-order valence-corrected chi connectivity index (χ3v) is 10.5. The molecule has 2 heteroatoms. The topological polar surface area (TPSA) is 16.4 Å². The number of fused-ring (bicyclic) bond motifs is 4. The molecule has 0 saturated carbocycles. The molecule has 10 aromatic rings. The molecule has 0 bridgehead atoms. The van der Waals surface area contributed by atoms with E-state index in [1.165, 1.54) is 38.6 Å². The van der Waals surface area contributed by atoms with Crippen LogP contribution in [-0.2, 0) is 0 Å². The van der Waals surface area contributed by atoms with E-state index in [0.717, 1.165) is 55.7 Å². The molecule has 10 rings (SSSR count). The van der Waals surface area contributed by atoms with E-state index in [2.05, 4.69) is 205 Å². The van der Waals surface area contributed by atoms with Gasteiger partial charge in [0.05, 0.1) is 5.69 Å². The van der Waals surface area contributed by atoms with Crippen molar-refractivity contribution in [2.45, 2.75) is 0 Å². The summed E-state index contributed by atoms with van der Waals surface area (Å²) in [5.74, 6) is 0. The Hall–Kier alpha value is -7.16. The quantitative estimate of drug-likeness (QED) is 0.166. The second-order valence-corrected chi connectivity index (χ2v) is 13.7. The van der Waals surface area contributed by atoms with Crippen molar-refractivity contribution in [1.82, 2.24) is 0 Å². The molecule has 0 atom stereocenters. The van der Waals surface area contributed by atoms with Crippen LogP contribution in [0.2, 0.25) is 0 Å². The Labute approximate surface area is 314 Å². The van der Waals surface area contributed by atoms with E-state index in [4.69, 9.17) is 4.42 Å². The zero-order valence-electron chi connectivity index (χ0n) is 29.6. The van der Waals surface area contributed by atoms with Gasteiger partial charge in [0.15, 0.2) is 0 Å². The molecule has 0 N–H and O–H groups in total. The number of para-hydroxylation sites is 3. The maximum atomic E-state index is 6.58. The Balaban J connectivity index is 1.13. The van der Waals surface area contributed by atoms with Crippen molar-refractivity contribution in [2.75, 3.05) is 4.90 Å². The van der Waals surface area contributed by atoms with Gasteiger partial charge in [-0.15, -0.1) is 0 Å². The molecule has 254 valence electrons. The first-order valence-electron chi connectivity index (χ1n) is 18.4. The molecule has 0 amide bonds. The lowest BCUT2D eigenvalue weighted by Crippen LogP contribution is -2.11. The minimum Gasteiger partial charge on any atom is -0.455 e. The van der Waals surface area contributed by atoms with E-state index in [-0.39, 0.29) is 0 Å². The summed E-state index contributed by atoms with van der Waals surface area (Å²) in [6.45, 7) is 0. The van der Waals surface area contributed by atoms with Crippen LogP contribution in [0.3, 0.4) is 0 Å². The molecule has 54 heavy (non-hydrogen) atoms. The number of anilines is 3. The van der Waals surface area contributed by atoms with Crippen molar-refractivity contribution in [3.05, 3.63) is 212 Å². The van der Waals surface area contributed by atoms with Crippen molar-refractivity contribution in [2.24, 2.45) is 0 Å². The van der Waals surface area contributed by atoms with Crippen molar-refractivity contribution in [3.8, 4) is 44.5 Å². The Morgan fingerprint density at radius 2 is 0.889 bits per heavy atom. The molecular formula is C52H35NO. The highest BCUT2D eigenvalue weighted by Crippen LogP contribution is 2.45. The summed E-state index contributed by atoms with van der Waals surface area (Å²) < 4.78 is 6.58. The van der Waals surface area contributed by atoms with Gasteiger partial charge in [0.25, 0.3) is 0 Å². The number of furan rings is 1. The van der Waals surface area contributed by atoms with Crippen LogP contribution in [0, 0.1) is 0 Å². The number of hydrogen-bond acceptors (Lipinski definition) is 2. The first-order chi connectivity index (χ1) is 26.8. The minimum atomic E-state index is 0.893. The van der Waals surface area contributed by atoms with Crippen molar-refractivity contribution < 1.29 is 4.42 Å². The van der Waals surface area contributed by atoms with E-state index < -0.39 is 0 Å². The fraction of sp³-hybridized carbons (Fsp3) is 0. The highest BCUT2D eigenvalue weighted by molar-refractivity contribution is 6.11. The fourth-order valence-corrected chi connectivity index (χ4v) is 7.88. The zero-order chi connectivity index (χ0) is 35.8. The maximum absolute atomic E-state index is 6.58. The van der Waals surface area contributed by atoms with Gasteiger partial charge in [-0.1, -0.05) is 170 Å². The standard InChI is InChI=1S/C52H35NO/c1-2-14-36(15-3-1)37-30-32-42(33-31-37)53(50-28-8-6-23-46(50)48-26-13-27-49-47-24-7-9-29-51(47)54-52(48)49)43-21-11-19-40(35-43)39-18-10-20-41(34-39)45-25-12-17-38-16-4-5-22-44(38)45/h1-35H. The van der Waals surface area contributed by atoms with Gasteiger partial charge < -0.3 is 9.32 Å². The van der Waals surface area contributed by atoms with Gasteiger partial charge in [0.1, 0.15) is 11.2 Å². The molecule has 0 aliphatic heterocycles. The van der Waals surface area contributed by atoms with Crippen LogP contribution in [0.15, 0.2) is 217 Å². The molecule has 0 aliphatic carbocycles. The van der Waals surface area contributed by atoms with Gasteiger partial charge >= 0.3 is 0 Å². The van der Waals surface area contributed by atoms with E-state index in [1.54, 1.807) is 0 Å². The number of benzene rings is 9. The minimum absolute atomic E-state index is 0.893. The summed E-state index contributed by atoms with van der Waals surface area (Å²) in [4.78, 5) is 2.38. The molecule has 0 unspecified atom stereocenters. The Morgan fingerprint density at radius 1 is 0.315 bits per heavy atom. The maximum Gasteiger partial charge on any atom is 0.143 e. The average Bonchev–Trinajstić information content (AvgIpc) is 3.64. The Kier molecular flexibility index (Phi) is 7.85. The van der Waals surface area contributed by atoms with Gasteiger partial charge in [-0.05, 0) is 86.6 Å². The molecule has 0 radical (unpaired) electrons. The Bertz CT molecular complexity index is 2930. The summed E-state index contributed by atoms with van der Waals surface area (Å²) in [5, 5.41) is 4.74. The van der Waals surface area contributed by atoms with Crippen LogP contribution in [0.1, 0.15) is 0 Å². The van der Waals surface area contributed by atoms with Crippen LogP contribution in [0.4, 0.5) is 17.1 Å². The molecule has 1 aromatic heterocycles. The number of rotatable bonds is 7. The summed E-state index contributed by atoms with van der Waals surface area (Å²) in [7, 11) is 0. The first-order valence-corrected chi connectivity index (χ1v) is 18.4. The van der Waals surface area contributed by atoms with Crippen molar-refractivity contribution in [1.29, 1.82) is 0 Å². The van der Waals surface area contributed by atoms with E-state index in [1.807, 2.05) is 12.1 Å². The normalized spacial score (nSPS) is 11.3. The predicted molar refractivity (Wildman–Crippen MR) is 228 cm³/mol. The Morgan fingerprint density at radius 3 is 1.78 bits per heavy atom. The van der Waals surface area contributed by atoms with E-state index in [0.29, 0.717) is 0 Å². The van der Waals surface area contributed by atoms with Crippen molar-refractivity contribution >= 4 is 49.8 Å². The molecule has 2 nitrogen and oxygen atoms in total. The van der Waals surface area contributed by atoms with Gasteiger partial charge in [-0.25, -0.2) is 0 Å². The summed E-state index contributed by atoms with van der Waals surface area (Å²) in [5.41, 5.74) is 14.3. The molecule has 9 aromatic carbocycles. The third-order valence-electron chi connectivity index (χ3n) is 10.5. The lowest BCUT2D eigenvalue weighted by molar-refractivity contribution is 0.670. The predicted octanol–water partition coefficient (Wildman–Crippen LogP) is 14.9. The smallest absolute Gasteiger partial charge is 0.143 e. The third kappa shape index (κ3) is 5.62. The van der Waals surface area contributed by atoms with Gasteiger partial charge in [-0.2, -0.15) is 0 Å². The number of hydrogen-bond donors (Lipinski definition) is 0. The van der Waals surface area contributed by atoms with Gasteiger partial charge in [-0.3, -0.25) is 0 Å². The summed E-state index contributed by atoms with van der Waals surface area (Å²) >= 11 is 0. The average molecular weight is 690 g/mol. The lowest BCUT2D eigenvalue weighted by atomic mass is 9.95. The second kappa shape index (κ2) is 13.4. The summed E-state index contributed by atoms with van der Waals surface area (Å²) in [6.07, 6.45) is 0. The van der Waals surface area contributed by atoms with Crippen LogP contribution in [-0.4, -0.2) is 0 Å². The largest absolute Gasteiger partial charge is 0.455 e. The van der Waals surface area contributed by atoms with Gasteiger partial charge in [0.2, 0.25) is 0 Å². The molecular weight excluding hydrogens is 655 g/mol. The van der Waals surface area contributed by atoms with Crippen LogP contribution < -0.4 is 4.90 Å². The van der Waals surface area contributed by atoms with Crippen molar-refractivity contribution in [3.63, 3.8) is 0 Å². The number of nitrogens with zero attached hydrogens (tertiary/aromatic N) is 1. The monoisotopic (exact) mass is 689 g/mol. The van der Waals surface area contributed by atoms with E-state index in [9.17, 15) is 0 Å². The van der Waals surface area contributed by atoms with Crippen LogP contribution in [0.25, 0.3) is 77.2 Å². The molecule has 0 aliphatic rings. The summed E-state index contributed by atoms with van der Waals surface area (Å²) in [6, 6.07) is 75.9. The molecule has 0 fully saturated rings. The van der Waals surface area contributed by atoms with Crippen LogP contribution in [0.5, 0.6) is 0 Å². The molecule has 1 heterocycles. The SMILES string of the molecule is c1ccc(-c2ccc(N(c3cccc(-c4cccc(-c5cccc6ccccc56)c4)c3)c3ccccc3-c3cccc4c3oc3ccccc34)cc2)cc1. The second-order valence-electron chi connectivity index (χ2n) is 13.7. The fourth-order valence-electron chi connectivity index (χ4n) is 7.88. The van der Waals surface area contributed by atoms with Gasteiger partial charge in [0, 0.05) is 33.3 Å². The molecule has 0 saturated heterocycles. The zero-order valence-corrected chi connectivity index (χ0v) is 29.6. The highest BCUT2D eigenvalue weighted by Gasteiger charge is 2.21. The van der Waals surface area contributed by atoms with E-state index >= 15 is 0 Å². The highest BCUT2D eigenvalue weighted by atomic mass is 16.3. The first kappa shape index (κ1) is 31.6.